The zero-order chi connectivity index (χ0) is 12.3. The van der Waals surface area contributed by atoms with Crippen molar-refractivity contribution in [3.05, 3.63) is 29.3 Å². The number of methoxy groups -OCH3 is 1. The van der Waals surface area contributed by atoms with Crippen LogP contribution in [0.5, 0.6) is 5.75 Å². The summed E-state index contributed by atoms with van der Waals surface area (Å²) >= 11 is 0. The zero-order valence-corrected chi connectivity index (χ0v) is 10.0. The average molecular weight is 231 g/mol. The maximum Gasteiger partial charge on any atom is 0.136 e. The van der Waals surface area contributed by atoms with Gasteiger partial charge in [-0.15, -0.1) is 0 Å². The molecule has 1 saturated heterocycles. The number of ether oxygens (including phenoxy) is 1. The highest BCUT2D eigenvalue weighted by atomic mass is 16.5. The molecule has 0 amide bonds. The summed E-state index contributed by atoms with van der Waals surface area (Å²) in [5.74, 6) is 0.647. The molecule has 0 saturated carbocycles. The highest BCUT2D eigenvalue weighted by Gasteiger charge is 2.19. The molecule has 1 atom stereocenters. The van der Waals surface area contributed by atoms with E-state index in [1.54, 1.807) is 7.11 Å². The number of nitrogens with two attached hydrogens (primary N) is 1. The molecule has 1 unspecified atom stereocenters. The summed E-state index contributed by atoms with van der Waals surface area (Å²) in [7, 11) is 1.59. The molecule has 1 fully saturated rings. The van der Waals surface area contributed by atoms with Gasteiger partial charge in [0.2, 0.25) is 0 Å². The molecule has 1 aromatic rings. The Hall–Kier alpha value is -1.57. The summed E-state index contributed by atoms with van der Waals surface area (Å²) in [6.45, 7) is 2.86. The third-order valence-corrected chi connectivity index (χ3v) is 3.10. The van der Waals surface area contributed by atoms with Crippen molar-refractivity contribution in [3.63, 3.8) is 0 Å². The van der Waals surface area contributed by atoms with Gasteiger partial charge in [0.1, 0.15) is 11.8 Å². The van der Waals surface area contributed by atoms with Gasteiger partial charge in [-0.3, -0.25) is 4.90 Å². The van der Waals surface area contributed by atoms with E-state index in [0.29, 0.717) is 17.4 Å². The Morgan fingerprint density at radius 3 is 3.00 bits per heavy atom. The molecule has 1 aliphatic rings. The normalized spacial score (nSPS) is 20.2. The van der Waals surface area contributed by atoms with E-state index in [1.165, 1.54) is 0 Å². The van der Waals surface area contributed by atoms with Crippen LogP contribution in [0.25, 0.3) is 0 Å². The Morgan fingerprint density at radius 1 is 1.59 bits per heavy atom. The summed E-state index contributed by atoms with van der Waals surface area (Å²) in [4.78, 5) is 2.32. The molecule has 2 N–H and O–H groups in total. The van der Waals surface area contributed by atoms with Crippen molar-refractivity contribution < 1.29 is 4.74 Å². The predicted molar refractivity (Wildman–Crippen MR) is 65.6 cm³/mol. The van der Waals surface area contributed by atoms with Crippen molar-refractivity contribution in [2.45, 2.75) is 19.0 Å². The fourth-order valence-corrected chi connectivity index (χ4v) is 2.19. The quantitative estimate of drug-likeness (QED) is 0.846. The second-order valence-corrected chi connectivity index (χ2v) is 4.43. The lowest BCUT2D eigenvalue weighted by Crippen LogP contribution is -2.26. The van der Waals surface area contributed by atoms with Crippen LogP contribution in [0.4, 0.5) is 0 Å². The largest absolute Gasteiger partial charge is 0.495 e. The summed E-state index contributed by atoms with van der Waals surface area (Å²) in [6, 6.07) is 8.14. The van der Waals surface area contributed by atoms with Crippen molar-refractivity contribution in [2.75, 3.05) is 20.2 Å². The number of hydrogen-bond acceptors (Lipinski definition) is 4. The Bertz CT molecular complexity index is 439. The monoisotopic (exact) mass is 231 g/mol. The first-order valence-corrected chi connectivity index (χ1v) is 5.78. The zero-order valence-electron chi connectivity index (χ0n) is 10.0. The molecule has 2 rings (SSSR count). The van der Waals surface area contributed by atoms with Gasteiger partial charge in [-0.25, -0.2) is 0 Å². The first kappa shape index (κ1) is 11.9. The molecule has 90 valence electrons. The van der Waals surface area contributed by atoms with Crippen LogP contribution < -0.4 is 10.5 Å². The average Bonchev–Trinajstić information content (AvgIpc) is 2.74. The number of hydrogen-bond donors (Lipinski definition) is 1. The molecular weight excluding hydrogens is 214 g/mol. The summed E-state index contributed by atoms with van der Waals surface area (Å²) in [5.41, 5.74) is 7.61. The molecule has 0 radical (unpaired) electrons. The number of benzene rings is 1. The fraction of sp³-hybridized carbons (Fsp3) is 0.462. The van der Waals surface area contributed by atoms with E-state index >= 15 is 0 Å². The van der Waals surface area contributed by atoms with Crippen molar-refractivity contribution in [1.29, 1.82) is 5.26 Å². The topological polar surface area (TPSA) is 62.3 Å². The molecule has 0 aromatic heterocycles. The lowest BCUT2D eigenvalue weighted by atomic mass is 10.1. The standard InChI is InChI=1S/C13H17N3O/c1-17-13-6-10(2-3-11(13)7-14)8-16-5-4-12(15)9-16/h2-3,6,12H,4-5,8-9,15H2,1H3. The van der Waals surface area contributed by atoms with Crippen molar-refractivity contribution in [3.8, 4) is 11.8 Å². The van der Waals surface area contributed by atoms with Crippen LogP contribution in [0, 0.1) is 11.3 Å². The van der Waals surface area contributed by atoms with E-state index in [1.807, 2.05) is 18.2 Å². The fourth-order valence-electron chi connectivity index (χ4n) is 2.19. The van der Waals surface area contributed by atoms with E-state index in [4.69, 9.17) is 15.7 Å². The molecule has 0 spiro atoms. The second-order valence-electron chi connectivity index (χ2n) is 4.43. The van der Waals surface area contributed by atoms with Gasteiger partial charge in [-0.1, -0.05) is 6.07 Å². The highest BCUT2D eigenvalue weighted by Crippen LogP contribution is 2.21. The smallest absolute Gasteiger partial charge is 0.136 e. The summed E-state index contributed by atoms with van der Waals surface area (Å²) in [5, 5.41) is 8.90. The van der Waals surface area contributed by atoms with Crippen LogP contribution in [0.3, 0.4) is 0 Å². The lowest BCUT2D eigenvalue weighted by molar-refractivity contribution is 0.326. The molecular formula is C13H17N3O. The SMILES string of the molecule is COc1cc(CN2CCC(N)C2)ccc1C#N. The number of rotatable bonds is 3. The van der Waals surface area contributed by atoms with Gasteiger partial charge in [-0.2, -0.15) is 5.26 Å². The van der Waals surface area contributed by atoms with E-state index in [0.717, 1.165) is 31.6 Å². The van der Waals surface area contributed by atoms with Gasteiger partial charge >= 0.3 is 0 Å². The third-order valence-electron chi connectivity index (χ3n) is 3.10. The highest BCUT2D eigenvalue weighted by molar-refractivity contribution is 5.45. The van der Waals surface area contributed by atoms with Gasteiger partial charge in [0, 0.05) is 25.7 Å². The predicted octanol–water partition coefficient (Wildman–Crippen LogP) is 1.10. The van der Waals surface area contributed by atoms with E-state index in [9.17, 15) is 0 Å². The first-order valence-electron chi connectivity index (χ1n) is 5.78. The maximum atomic E-state index is 8.90. The van der Waals surface area contributed by atoms with Crippen molar-refractivity contribution in [1.82, 2.24) is 4.90 Å². The molecule has 1 aromatic carbocycles. The summed E-state index contributed by atoms with van der Waals surface area (Å²) in [6.07, 6.45) is 1.06. The van der Waals surface area contributed by atoms with Gasteiger partial charge in [0.25, 0.3) is 0 Å². The number of nitrogens with zero attached hydrogens (tertiary/aromatic N) is 2. The molecule has 4 heteroatoms. The lowest BCUT2D eigenvalue weighted by Gasteiger charge is -2.15. The number of likely N-dealkylation sites (tertiary alicyclic amines) is 1. The van der Waals surface area contributed by atoms with Gasteiger partial charge in [0.15, 0.2) is 0 Å². The van der Waals surface area contributed by atoms with E-state index in [2.05, 4.69) is 11.0 Å². The van der Waals surface area contributed by atoms with Crippen molar-refractivity contribution in [2.24, 2.45) is 5.73 Å². The Balaban J connectivity index is 2.09. The van der Waals surface area contributed by atoms with E-state index < -0.39 is 0 Å². The molecule has 1 aliphatic heterocycles. The molecule has 4 nitrogen and oxygen atoms in total. The van der Waals surface area contributed by atoms with Crippen LogP contribution in [0.1, 0.15) is 17.5 Å². The van der Waals surface area contributed by atoms with Crippen molar-refractivity contribution >= 4 is 0 Å². The van der Waals surface area contributed by atoms with Gasteiger partial charge < -0.3 is 10.5 Å². The molecule has 1 heterocycles. The van der Waals surface area contributed by atoms with Gasteiger partial charge in [-0.05, 0) is 24.1 Å². The maximum absolute atomic E-state index is 8.90. The third kappa shape index (κ3) is 2.76. The Morgan fingerprint density at radius 2 is 2.41 bits per heavy atom. The number of nitriles is 1. The van der Waals surface area contributed by atoms with Crippen LogP contribution in [-0.4, -0.2) is 31.1 Å². The minimum absolute atomic E-state index is 0.301. The molecule has 0 bridgehead atoms. The van der Waals surface area contributed by atoms with E-state index in [-0.39, 0.29) is 0 Å². The minimum atomic E-state index is 0.301. The molecule has 0 aliphatic carbocycles. The first-order chi connectivity index (χ1) is 8.22. The van der Waals surface area contributed by atoms with Crippen LogP contribution in [-0.2, 0) is 6.54 Å². The van der Waals surface area contributed by atoms with Crippen LogP contribution in [0.2, 0.25) is 0 Å². The van der Waals surface area contributed by atoms with Gasteiger partial charge in [0.05, 0.1) is 12.7 Å². The molecule has 17 heavy (non-hydrogen) atoms. The summed E-state index contributed by atoms with van der Waals surface area (Å²) < 4.78 is 5.20. The minimum Gasteiger partial charge on any atom is -0.495 e. The Labute approximate surface area is 102 Å². The van der Waals surface area contributed by atoms with Crippen LogP contribution in [0.15, 0.2) is 18.2 Å². The van der Waals surface area contributed by atoms with Crippen LogP contribution >= 0.6 is 0 Å². The second kappa shape index (κ2) is 5.17. The Kier molecular flexibility index (Phi) is 3.62.